The van der Waals surface area contributed by atoms with Crippen LogP contribution in [0.3, 0.4) is 0 Å². The molecule has 0 atom stereocenters. The van der Waals surface area contributed by atoms with Crippen molar-refractivity contribution in [3.05, 3.63) is 41.5 Å². The second-order valence-electron chi connectivity index (χ2n) is 7.03. The highest BCUT2D eigenvalue weighted by atomic mass is 16.6. The van der Waals surface area contributed by atoms with Gasteiger partial charge in [0, 0.05) is 12.6 Å². The largest absolute Gasteiger partial charge is 0.459 e. The van der Waals surface area contributed by atoms with Crippen LogP contribution in [0.2, 0.25) is 0 Å². The molecule has 0 saturated heterocycles. The Kier molecular flexibility index (Phi) is 6.69. The highest BCUT2D eigenvalue weighted by Crippen LogP contribution is 2.15. The fourth-order valence-corrected chi connectivity index (χ4v) is 1.76. The second-order valence-corrected chi connectivity index (χ2v) is 7.03. The van der Waals surface area contributed by atoms with Crippen molar-refractivity contribution in [2.24, 2.45) is 0 Å². The summed E-state index contributed by atoms with van der Waals surface area (Å²) in [5, 5.41) is 11.6. The Labute approximate surface area is 142 Å². The Balaban J connectivity index is 2.62. The van der Waals surface area contributed by atoms with Gasteiger partial charge in [-0.1, -0.05) is 24.3 Å². The lowest BCUT2D eigenvalue weighted by Gasteiger charge is -2.29. The Hall–Kier alpha value is -2.18. The molecule has 0 fully saturated rings. The summed E-state index contributed by atoms with van der Waals surface area (Å²) >= 11 is 0. The van der Waals surface area contributed by atoms with Gasteiger partial charge in [-0.05, 0) is 51.8 Å². The number of hydroxylamine groups is 1. The molecule has 0 aliphatic heterocycles. The van der Waals surface area contributed by atoms with Crippen molar-refractivity contribution >= 4 is 18.0 Å². The average Bonchev–Trinajstić information content (AvgIpc) is 2.50. The average molecular weight is 334 g/mol. The maximum atomic E-state index is 12.2. The van der Waals surface area contributed by atoms with Crippen LogP contribution in [0.5, 0.6) is 0 Å². The normalized spacial score (nSPS) is 12.2. The molecule has 0 heterocycles. The topological polar surface area (TPSA) is 87.7 Å². The van der Waals surface area contributed by atoms with E-state index in [1.165, 1.54) is 11.6 Å². The quantitative estimate of drug-likeness (QED) is 0.322. The molecular formula is C18H26N2O4. The van der Waals surface area contributed by atoms with Gasteiger partial charge in [-0.3, -0.25) is 20.1 Å². The molecule has 24 heavy (non-hydrogen) atoms. The van der Waals surface area contributed by atoms with Crippen molar-refractivity contribution < 1.29 is 19.5 Å². The first-order valence-electron chi connectivity index (χ1n) is 7.73. The van der Waals surface area contributed by atoms with E-state index >= 15 is 0 Å². The number of hydrogen-bond acceptors (Lipinski definition) is 5. The van der Waals surface area contributed by atoms with Crippen LogP contribution in [-0.2, 0) is 20.9 Å². The third-order valence-electron chi connectivity index (χ3n) is 3.16. The predicted molar refractivity (Wildman–Crippen MR) is 92.2 cm³/mol. The van der Waals surface area contributed by atoms with Crippen molar-refractivity contribution in [3.63, 3.8) is 0 Å². The van der Waals surface area contributed by atoms with E-state index < -0.39 is 17.0 Å². The zero-order chi connectivity index (χ0) is 18.4. The van der Waals surface area contributed by atoms with Gasteiger partial charge in [-0.15, -0.1) is 0 Å². The molecule has 0 aliphatic carbocycles. The van der Waals surface area contributed by atoms with Gasteiger partial charge in [-0.25, -0.2) is 5.48 Å². The standard InChI is InChI=1S/C18H26N2O4/c1-17(2,3)24-16(22)18(4,5)19-12-14-8-6-13(7-9-14)10-11-15(21)20-23/h6-11,19,23H,12H2,1-5H3,(H,20,21)/b11-10+. The van der Waals surface area contributed by atoms with E-state index in [1.54, 1.807) is 19.9 Å². The van der Waals surface area contributed by atoms with Crippen molar-refractivity contribution in [3.8, 4) is 0 Å². The number of hydrogen-bond donors (Lipinski definition) is 3. The molecule has 1 aromatic rings. The summed E-state index contributed by atoms with van der Waals surface area (Å²) < 4.78 is 5.41. The summed E-state index contributed by atoms with van der Waals surface area (Å²) in [5.74, 6) is -0.885. The lowest BCUT2D eigenvalue weighted by Crippen LogP contribution is -2.49. The molecule has 1 aromatic carbocycles. The first-order chi connectivity index (χ1) is 11.0. The molecule has 0 aliphatic rings. The van der Waals surface area contributed by atoms with Crippen molar-refractivity contribution in [2.75, 3.05) is 0 Å². The van der Waals surface area contributed by atoms with Crippen molar-refractivity contribution in [1.82, 2.24) is 10.8 Å². The van der Waals surface area contributed by atoms with E-state index in [9.17, 15) is 9.59 Å². The predicted octanol–water partition coefficient (Wildman–Crippen LogP) is 2.42. The monoisotopic (exact) mass is 334 g/mol. The lowest BCUT2D eigenvalue weighted by molar-refractivity contribution is -0.161. The van der Waals surface area contributed by atoms with Crippen LogP contribution >= 0.6 is 0 Å². The maximum Gasteiger partial charge on any atom is 0.326 e. The molecule has 6 heteroatoms. The Morgan fingerprint density at radius 2 is 1.71 bits per heavy atom. The van der Waals surface area contributed by atoms with E-state index in [0.717, 1.165) is 11.1 Å². The molecule has 0 unspecified atom stereocenters. The molecule has 0 aromatic heterocycles. The van der Waals surface area contributed by atoms with Gasteiger partial charge < -0.3 is 4.74 Å². The Morgan fingerprint density at radius 1 is 1.12 bits per heavy atom. The summed E-state index contributed by atoms with van der Waals surface area (Å²) in [7, 11) is 0. The highest BCUT2D eigenvalue weighted by Gasteiger charge is 2.31. The summed E-state index contributed by atoms with van der Waals surface area (Å²) in [4.78, 5) is 23.1. The van der Waals surface area contributed by atoms with E-state index in [1.807, 2.05) is 45.0 Å². The maximum absolute atomic E-state index is 12.2. The van der Waals surface area contributed by atoms with Crippen LogP contribution in [0.4, 0.5) is 0 Å². The Bertz CT molecular complexity index is 598. The summed E-state index contributed by atoms with van der Waals surface area (Å²) in [6.07, 6.45) is 2.83. The minimum Gasteiger partial charge on any atom is -0.459 e. The summed E-state index contributed by atoms with van der Waals surface area (Å²) in [6, 6.07) is 7.49. The SMILES string of the molecule is CC(C)(C)OC(=O)C(C)(C)NCc1ccc(/C=C/C(=O)NO)cc1. The number of esters is 1. The Morgan fingerprint density at radius 3 is 2.21 bits per heavy atom. The highest BCUT2D eigenvalue weighted by molar-refractivity contribution is 5.90. The van der Waals surface area contributed by atoms with E-state index in [0.29, 0.717) is 6.54 Å². The fraction of sp³-hybridized carbons (Fsp3) is 0.444. The van der Waals surface area contributed by atoms with Gasteiger partial charge in [0.25, 0.3) is 5.91 Å². The van der Waals surface area contributed by atoms with E-state index in [-0.39, 0.29) is 5.97 Å². The van der Waals surface area contributed by atoms with Gasteiger partial charge >= 0.3 is 5.97 Å². The van der Waals surface area contributed by atoms with Gasteiger partial charge in [0.1, 0.15) is 11.1 Å². The molecule has 1 amide bonds. The minimum absolute atomic E-state index is 0.301. The molecular weight excluding hydrogens is 308 g/mol. The zero-order valence-corrected chi connectivity index (χ0v) is 14.8. The first-order valence-corrected chi connectivity index (χ1v) is 7.73. The number of ether oxygens (including phenoxy) is 1. The molecule has 0 radical (unpaired) electrons. The van der Waals surface area contributed by atoms with Gasteiger partial charge in [0.2, 0.25) is 0 Å². The number of nitrogens with one attached hydrogen (secondary N) is 2. The zero-order valence-electron chi connectivity index (χ0n) is 14.8. The minimum atomic E-state index is -0.801. The van der Waals surface area contributed by atoms with Crippen LogP contribution in [-0.4, -0.2) is 28.2 Å². The molecule has 1 rings (SSSR count). The number of amides is 1. The van der Waals surface area contributed by atoms with E-state index in [2.05, 4.69) is 5.32 Å². The van der Waals surface area contributed by atoms with Crippen LogP contribution in [0.1, 0.15) is 45.7 Å². The number of carbonyl (C=O) groups excluding carboxylic acids is 2. The van der Waals surface area contributed by atoms with Crippen molar-refractivity contribution in [1.29, 1.82) is 0 Å². The van der Waals surface area contributed by atoms with Crippen LogP contribution in [0.25, 0.3) is 6.08 Å². The lowest BCUT2D eigenvalue weighted by atomic mass is 10.0. The smallest absolute Gasteiger partial charge is 0.326 e. The molecule has 0 saturated carbocycles. The number of benzene rings is 1. The van der Waals surface area contributed by atoms with Gasteiger partial charge in [0.15, 0.2) is 0 Å². The molecule has 3 N–H and O–H groups in total. The molecule has 0 spiro atoms. The van der Waals surface area contributed by atoms with E-state index in [4.69, 9.17) is 9.94 Å². The van der Waals surface area contributed by atoms with Crippen molar-refractivity contribution in [2.45, 2.75) is 52.3 Å². The number of carbonyl (C=O) groups is 2. The van der Waals surface area contributed by atoms with Crippen LogP contribution in [0, 0.1) is 0 Å². The molecule has 132 valence electrons. The third-order valence-corrected chi connectivity index (χ3v) is 3.16. The third kappa shape index (κ3) is 6.93. The van der Waals surface area contributed by atoms with Crippen LogP contribution in [0.15, 0.2) is 30.3 Å². The van der Waals surface area contributed by atoms with Crippen LogP contribution < -0.4 is 10.8 Å². The fourth-order valence-electron chi connectivity index (χ4n) is 1.76. The first kappa shape index (κ1) is 19.9. The molecule has 6 nitrogen and oxygen atoms in total. The molecule has 0 bridgehead atoms. The second kappa shape index (κ2) is 8.08. The van der Waals surface area contributed by atoms with Gasteiger partial charge in [0.05, 0.1) is 0 Å². The van der Waals surface area contributed by atoms with Gasteiger partial charge in [-0.2, -0.15) is 0 Å². The summed E-state index contributed by atoms with van der Waals surface area (Å²) in [6.45, 7) is 9.59. The number of rotatable bonds is 6. The summed E-state index contributed by atoms with van der Waals surface area (Å²) in [5.41, 5.74) is 2.03.